The molecule has 2 aromatic carbocycles. The van der Waals surface area contributed by atoms with E-state index in [-0.39, 0.29) is 17.2 Å². The van der Waals surface area contributed by atoms with Crippen LogP contribution in [0.4, 0.5) is 5.69 Å². The molecule has 0 atom stereocenters. The zero-order valence-corrected chi connectivity index (χ0v) is 14.2. The lowest BCUT2D eigenvalue weighted by Crippen LogP contribution is -2.14. The summed E-state index contributed by atoms with van der Waals surface area (Å²) < 4.78 is 11.1. The highest BCUT2D eigenvalue weighted by molar-refractivity contribution is 8.00. The third-order valence-electron chi connectivity index (χ3n) is 3.51. The number of thioether (sulfide) groups is 1. The lowest BCUT2D eigenvalue weighted by molar-refractivity contribution is -0.113. The standard InChI is InChI=1S/C18H17NO5S/c20-17(11-25-16-5-2-1-4-13(16)18(21)22)19-12-6-7-14-15(10-12)24-9-3-8-23-14/h1-2,4-7,10H,3,8-9,11H2,(H,19,20)(H,21,22). The second-order valence-electron chi connectivity index (χ2n) is 5.35. The van der Waals surface area contributed by atoms with Crippen LogP contribution in [-0.2, 0) is 4.79 Å². The fraction of sp³-hybridized carbons (Fsp3) is 0.222. The number of carboxylic acids is 1. The predicted octanol–water partition coefficient (Wildman–Crippen LogP) is 3.28. The molecule has 0 spiro atoms. The van der Waals surface area contributed by atoms with Crippen molar-refractivity contribution in [3.8, 4) is 11.5 Å². The summed E-state index contributed by atoms with van der Waals surface area (Å²) in [6, 6.07) is 11.9. The lowest BCUT2D eigenvalue weighted by atomic mass is 10.2. The highest BCUT2D eigenvalue weighted by Gasteiger charge is 2.14. The summed E-state index contributed by atoms with van der Waals surface area (Å²) in [5.74, 6) is 0.157. The Kier molecular flexibility index (Phi) is 5.45. The van der Waals surface area contributed by atoms with Crippen LogP contribution >= 0.6 is 11.8 Å². The first-order chi connectivity index (χ1) is 12.1. The molecule has 0 fully saturated rings. The van der Waals surface area contributed by atoms with E-state index in [0.29, 0.717) is 35.3 Å². The van der Waals surface area contributed by atoms with Gasteiger partial charge in [-0.1, -0.05) is 12.1 Å². The van der Waals surface area contributed by atoms with Crippen molar-refractivity contribution in [1.29, 1.82) is 0 Å². The van der Waals surface area contributed by atoms with Gasteiger partial charge in [0.25, 0.3) is 0 Å². The van der Waals surface area contributed by atoms with Crippen molar-refractivity contribution >= 4 is 29.3 Å². The highest BCUT2D eigenvalue weighted by atomic mass is 32.2. The van der Waals surface area contributed by atoms with Crippen LogP contribution in [0, 0.1) is 0 Å². The molecule has 0 aliphatic carbocycles. The van der Waals surface area contributed by atoms with E-state index in [0.717, 1.165) is 6.42 Å². The molecule has 2 aromatic rings. The van der Waals surface area contributed by atoms with Crippen molar-refractivity contribution in [2.45, 2.75) is 11.3 Å². The number of carbonyl (C=O) groups is 2. The van der Waals surface area contributed by atoms with Gasteiger partial charge >= 0.3 is 5.97 Å². The van der Waals surface area contributed by atoms with E-state index in [4.69, 9.17) is 14.6 Å². The van der Waals surface area contributed by atoms with Crippen molar-refractivity contribution in [3.63, 3.8) is 0 Å². The summed E-state index contributed by atoms with van der Waals surface area (Å²) >= 11 is 1.19. The van der Waals surface area contributed by atoms with Gasteiger partial charge in [-0.25, -0.2) is 4.79 Å². The van der Waals surface area contributed by atoms with Crippen LogP contribution < -0.4 is 14.8 Å². The van der Waals surface area contributed by atoms with E-state index >= 15 is 0 Å². The largest absolute Gasteiger partial charge is 0.490 e. The Morgan fingerprint density at radius 2 is 1.84 bits per heavy atom. The third-order valence-corrected chi connectivity index (χ3v) is 4.58. The highest BCUT2D eigenvalue weighted by Crippen LogP contribution is 2.32. The molecule has 7 heteroatoms. The number of amides is 1. The number of ether oxygens (including phenoxy) is 2. The van der Waals surface area contributed by atoms with Gasteiger partial charge in [-0.15, -0.1) is 11.8 Å². The van der Waals surface area contributed by atoms with Crippen molar-refractivity contribution in [1.82, 2.24) is 0 Å². The van der Waals surface area contributed by atoms with Crippen LogP contribution in [0.15, 0.2) is 47.4 Å². The number of fused-ring (bicyclic) bond motifs is 1. The summed E-state index contributed by atoms with van der Waals surface area (Å²) in [7, 11) is 0. The second-order valence-corrected chi connectivity index (χ2v) is 6.37. The van der Waals surface area contributed by atoms with Gasteiger partial charge in [0.15, 0.2) is 11.5 Å². The minimum Gasteiger partial charge on any atom is -0.490 e. The first-order valence-corrected chi connectivity index (χ1v) is 8.76. The zero-order chi connectivity index (χ0) is 17.6. The number of carbonyl (C=O) groups excluding carboxylic acids is 1. The molecule has 25 heavy (non-hydrogen) atoms. The van der Waals surface area contributed by atoms with Crippen molar-refractivity contribution < 1.29 is 24.2 Å². The minimum atomic E-state index is -1.01. The minimum absolute atomic E-state index is 0.110. The molecule has 3 rings (SSSR count). The zero-order valence-electron chi connectivity index (χ0n) is 13.4. The quantitative estimate of drug-likeness (QED) is 0.797. The Morgan fingerprint density at radius 1 is 1.08 bits per heavy atom. The fourth-order valence-corrected chi connectivity index (χ4v) is 3.20. The molecule has 1 amide bonds. The van der Waals surface area contributed by atoms with Gasteiger partial charge < -0.3 is 19.9 Å². The Labute approximate surface area is 149 Å². The lowest BCUT2D eigenvalue weighted by Gasteiger charge is -2.10. The number of hydrogen-bond acceptors (Lipinski definition) is 5. The Hall–Kier alpha value is -2.67. The van der Waals surface area contributed by atoms with Gasteiger partial charge in [0.05, 0.1) is 24.5 Å². The van der Waals surface area contributed by atoms with Crippen LogP contribution in [-0.4, -0.2) is 35.9 Å². The molecular weight excluding hydrogens is 342 g/mol. The van der Waals surface area contributed by atoms with Crippen molar-refractivity contribution in [2.75, 3.05) is 24.3 Å². The smallest absolute Gasteiger partial charge is 0.336 e. The maximum atomic E-state index is 12.2. The summed E-state index contributed by atoms with van der Waals surface area (Å²) in [6.07, 6.45) is 0.815. The average Bonchev–Trinajstić information content (AvgIpc) is 2.85. The molecule has 0 unspecified atom stereocenters. The number of rotatable bonds is 5. The van der Waals surface area contributed by atoms with Gasteiger partial charge in [0.1, 0.15) is 0 Å². The number of nitrogens with one attached hydrogen (secondary N) is 1. The maximum absolute atomic E-state index is 12.2. The molecule has 2 N–H and O–H groups in total. The summed E-state index contributed by atoms with van der Waals surface area (Å²) in [4.78, 5) is 23.9. The van der Waals surface area contributed by atoms with E-state index in [1.807, 2.05) is 0 Å². The number of aromatic carboxylic acids is 1. The van der Waals surface area contributed by atoms with Crippen LogP contribution in [0.2, 0.25) is 0 Å². The van der Waals surface area contributed by atoms with E-state index in [9.17, 15) is 9.59 Å². The molecule has 1 aliphatic heterocycles. The molecule has 0 aromatic heterocycles. The van der Waals surface area contributed by atoms with E-state index in [1.54, 1.807) is 36.4 Å². The van der Waals surface area contributed by atoms with Crippen molar-refractivity contribution in [2.24, 2.45) is 0 Å². The maximum Gasteiger partial charge on any atom is 0.336 e. The van der Waals surface area contributed by atoms with Gasteiger partial charge in [0.2, 0.25) is 5.91 Å². The SMILES string of the molecule is O=C(CSc1ccccc1C(=O)O)Nc1ccc2c(c1)OCCCO2. The van der Waals surface area contributed by atoms with E-state index < -0.39 is 5.97 Å². The number of hydrogen-bond donors (Lipinski definition) is 2. The van der Waals surface area contributed by atoms with Crippen LogP contribution in [0.1, 0.15) is 16.8 Å². The summed E-state index contributed by atoms with van der Waals surface area (Å²) in [5.41, 5.74) is 0.803. The van der Waals surface area contributed by atoms with Crippen molar-refractivity contribution in [3.05, 3.63) is 48.0 Å². The number of anilines is 1. The molecule has 1 heterocycles. The molecule has 130 valence electrons. The molecule has 0 radical (unpaired) electrons. The Balaban J connectivity index is 1.62. The Morgan fingerprint density at radius 3 is 2.64 bits per heavy atom. The summed E-state index contributed by atoms with van der Waals surface area (Å²) in [6.45, 7) is 1.19. The first-order valence-electron chi connectivity index (χ1n) is 7.78. The topological polar surface area (TPSA) is 84.9 Å². The average molecular weight is 359 g/mol. The van der Waals surface area contributed by atoms with Gasteiger partial charge in [0, 0.05) is 23.1 Å². The fourth-order valence-electron chi connectivity index (χ4n) is 2.35. The Bertz CT molecular complexity index is 793. The normalized spacial score (nSPS) is 13.0. The molecule has 0 saturated carbocycles. The molecule has 0 saturated heterocycles. The summed E-state index contributed by atoms with van der Waals surface area (Å²) in [5, 5.41) is 12.0. The van der Waals surface area contributed by atoms with E-state index in [1.165, 1.54) is 17.8 Å². The van der Waals surface area contributed by atoms with Gasteiger partial charge in [-0.2, -0.15) is 0 Å². The second kappa shape index (κ2) is 7.94. The van der Waals surface area contributed by atoms with E-state index in [2.05, 4.69) is 5.32 Å². The van der Waals surface area contributed by atoms with Crippen LogP contribution in [0.25, 0.3) is 0 Å². The monoisotopic (exact) mass is 359 g/mol. The predicted molar refractivity (Wildman–Crippen MR) is 94.8 cm³/mol. The molecule has 6 nitrogen and oxygen atoms in total. The molecule has 0 bridgehead atoms. The molecule has 1 aliphatic rings. The number of carboxylic acid groups (broad SMARTS) is 1. The first kappa shape index (κ1) is 17.2. The number of benzene rings is 2. The third kappa shape index (κ3) is 4.45. The van der Waals surface area contributed by atoms with Crippen LogP contribution in [0.5, 0.6) is 11.5 Å². The van der Waals surface area contributed by atoms with Gasteiger partial charge in [-0.3, -0.25) is 4.79 Å². The molecular formula is C18H17NO5S. The van der Waals surface area contributed by atoms with Crippen LogP contribution in [0.3, 0.4) is 0 Å². The van der Waals surface area contributed by atoms with Gasteiger partial charge in [-0.05, 0) is 24.3 Å².